The van der Waals surface area contributed by atoms with Gasteiger partial charge in [-0.3, -0.25) is 0 Å². The standard InChI is InChI=1S/C26H23ClFNO/c1-18(19-8-3-2-4-9-19)29-16-22-21-11-6-5-10-20(21)14-15-26(22)30-17-23-24(27)12-7-13-25(23)28/h2-15,18,29H,16-17H2,1H3/t18-/m0/s1. The van der Waals surface area contributed by atoms with Crippen molar-refractivity contribution in [2.45, 2.75) is 26.1 Å². The lowest BCUT2D eigenvalue weighted by atomic mass is 10.0. The third-order valence-electron chi connectivity index (χ3n) is 5.32. The van der Waals surface area contributed by atoms with Crippen molar-refractivity contribution >= 4 is 22.4 Å². The monoisotopic (exact) mass is 419 g/mol. The maximum absolute atomic E-state index is 14.2. The zero-order valence-electron chi connectivity index (χ0n) is 16.7. The summed E-state index contributed by atoms with van der Waals surface area (Å²) in [5.74, 6) is 0.362. The maximum Gasteiger partial charge on any atom is 0.131 e. The van der Waals surface area contributed by atoms with Gasteiger partial charge in [0.1, 0.15) is 18.2 Å². The normalized spacial score (nSPS) is 12.1. The molecule has 4 rings (SSSR count). The Balaban J connectivity index is 1.61. The van der Waals surface area contributed by atoms with E-state index in [1.807, 2.05) is 42.5 Å². The first-order valence-corrected chi connectivity index (χ1v) is 10.4. The lowest BCUT2D eigenvalue weighted by Crippen LogP contribution is -2.19. The van der Waals surface area contributed by atoms with Crippen molar-refractivity contribution in [3.63, 3.8) is 0 Å². The van der Waals surface area contributed by atoms with Gasteiger partial charge < -0.3 is 10.1 Å². The molecule has 0 aliphatic rings. The Morgan fingerprint density at radius 3 is 2.43 bits per heavy atom. The van der Waals surface area contributed by atoms with Gasteiger partial charge in [-0.1, -0.05) is 78.3 Å². The smallest absolute Gasteiger partial charge is 0.131 e. The molecule has 1 N–H and O–H groups in total. The van der Waals surface area contributed by atoms with E-state index in [2.05, 4.69) is 36.5 Å². The summed E-state index contributed by atoms with van der Waals surface area (Å²) in [4.78, 5) is 0. The summed E-state index contributed by atoms with van der Waals surface area (Å²) in [5, 5.41) is 6.21. The fourth-order valence-corrected chi connectivity index (χ4v) is 3.79. The van der Waals surface area contributed by atoms with Crippen molar-refractivity contribution in [2.24, 2.45) is 0 Å². The van der Waals surface area contributed by atoms with Crippen LogP contribution in [0.2, 0.25) is 5.02 Å². The van der Waals surface area contributed by atoms with Gasteiger partial charge in [0.25, 0.3) is 0 Å². The second-order valence-electron chi connectivity index (χ2n) is 7.27. The quantitative estimate of drug-likeness (QED) is 0.346. The molecule has 0 aromatic heterocycles. The van der Waals surface area contributed by atoms with Gasteiger partial charge in [-0.15, -0.1) is 0 Å². The van der Waals surface area contributed by atoms with Gasteiger partial charge in [-0.25, -0.2) is 4.39 Å². The molecule has 1 atom stereocenters. The van der Waals surface area contributed by atoms with Crippen LogP contribution < -0.4 is 10.1 Å². The maximum atomic E-state index is 14.2. The Hall–Kier alpha value is -2.88. The molecule has 30 heavy (non-hydrogen) atoms. The van der Waals surface area contributed by atoms with Gasteiger partial charge in [0.2, 0.25) is 0 Å². The SMILES string of the molecule is C[C@H](NCc1c(OCc2c(F)cccc2Cl)ccc2ccccc12)c1ccccc1. The van der Waals surface area contributed by atoms with Crippen LogP contribution in [0.3, 0.4) is 0 Å². The van der Waals surface area contributed by atoms with E-state index < -0.39 is 0 Å². The predicted molar refractivity (Wildman–Crippen MR) is 121 cm³/mol. The number of nitrogens with one attached hydrogen (secondary N) is 1. The minimum atomic E-state index is -0.360. The average Bonchev–Trinajstić information content (AvgIpc) is 2.78. The molecule has 0 spiro atoms. The highest BCUT2D eigenvalue weighted by molar-refractivity contribution is 6.31. The number of fused-ring (bicyclic) bond motifs is 1. The summed E-state index contributed by atoms with van der Waals surface area (Å²) in [6.07, 6.45) is 0. The van der Waals surface area contributed by atoms with Gasteiger partial charge >= 0.3 is 0 Å². The Morgan fingerprint density at radius 1 is 0.867 bits per heavy atom. The van der Waals surface area contributed by atoms with E-state index in [1.165, 1.54) is 11.6 Å². The summed E-state index contributed by atoms with van der Waals surface area (Å²) in [5.41, 5.74) is 2.63. The zero-order valence-corrected chi connectivity index (χ0v) is 17.5. The average molecular weight is 420 g/mol. The molecule has 0 amide bonds. The summed E-state index contributed by atoms with van der Waals surface area (Å²) >= 11 is 6.17. The van der Waals surface area contributed by atoms with E-state index in [0.29, 0.717) is 17.1 Å². The molecular formula is C26H23ClFNO. The lowest BCUT2D eigenvalue weighted by Gasteiger charge is -2.19. The molecule has 4 heteroatoms. The predicted octanol–water partition coefficient (Wildman–Crippen LogP) is 7.06. The molecule has 0 unspecified atom stereocenters. The highest BCUT2D eigenvalue weighted by Crippen LogP contribution is 2.30. The van der Waals surface area contributed by atoms with Crippen molar-refractivity contribution in [1.82, 2.24) is 5.32 Å². The van der Waals surface area contributed by atoms with Crippen molar-refractivity contribution in [1.29, 1.82) is 0 Å². The van der Waals surface area contributed by atoms with Gasteiger partial charge in [0.15, 0.2) is 0 Å². The van der Waals surface area contributed by atoms with Crippen LogP contribution in [0.25, 0.3) is 10.8 Å². The van der Waals surface area contributed by atoms with Gasteiger partial charge in [-0.05, 0) is 41.5 Å². The first-order chi connectivity index (χ1) is 14.6. The summed E-state index contributed by atoms with van der Waals surface area (Å²) < 4.78 is 20.2. The molecule has 0 heterocycles. The van der Waals surface area contributed by atoms with E-state index in [-0.39, 0.29) is 18.5 Å². The van der Waals surface area contributed by atoms with Crippen LogP contribution in [-0.2, 0) is 13.2 Å². The number of benzene rings is 4. The largest absolute Gasteiger partial charge is 0.488 e. The van der Waals surface area contributed by atoms with Gasteiger partial charge in [0.05, 0.1) is 5.02 Å². The second-order valence-corrected chi connectivity index (χ2v) is 7.67. The van der Waals surface area contributed by atoms with Crippen LogP contribution >= 0.6 is 11.6 Å². The second kappa shape index (κ2) is 9.29. The molecule has 2 nitrogen and oxygen atoms in total. The third kappa shape index (κ3) is 4.48. The summed E-state index contributed by atoms with van der Waals surface area (Å²) in [6.45, 7) is 2.84. The van der Waals surface area contributed by atoms with E-state index in [9.17, 15) is 4.39 Å². The van der Waals surface area contributed by atoms with Crippen molar-refractivity contribution < 1.29 is 9.13 Å². The van der Waals surface area contributed by atoms with E-state index in [1.54, 1.807) is 12.1 Å². The molecule has 152 valence electrons. The third-order valence-corrected chi connectivity index (χ3v) is 5.67. The van der Waals surface area contributed by atoms with Crippen LogP contribution in [0.1, 0.15) is 29.7 Å². The molecular weight excluding hydrogens is 397 g/mol. The minimum absolute atomic E-state index is 0.0745. The molecule has 0 fully saturated rings. The van der Waals surface area contributed by atoms with Crippen LogP contribution in [0.15, 0.2) is 84.9 Å². The fraction of sp³-hybridized carbons (Fsp3) is 0.154. The van der Waals surface area contributed by atoms with Crippen molar-refractivity contribution in [2.75, 3.05) is 0 Å². The van der Waals surface area contributed by atoms with Crippen LogP contribution in [0.4, 0.5) is 4.39 Å². The molecule has 0 aliphatic carbocycles. The van der Waals surface area contributed by atoms with E-state index in [0.717, 1.165) is 22.1 Å². The molecule has 4 aromatic carbocycles. The molecule has 0 saturated heterocycles. The minimum Gasteiger partial charge on any atom is -0.488 e. The number of rotatable bonds is 7. The molecule has 0 aliphatic heterocycles. The Labute approximate surface area is 181 Å². The molecule has 0 bridgehead atoms. The number of hydrogen-bond donors (Lipinski definition) is 1. The first kappa shape index (κ1) is 20.4. The topological polar surface area (TPSA) is 21.3 Å². The highest BCUT2D eigenvalue weighted by Gasteiger charge is 2.13. The number of hydrogen-bond acceptors (Lipinski definition) is 2. The fourth-order valence-electron chi connectivity index (χ4n) is 3.57. The Kier molecular flexibility index (Phi) is 6.32. The Bertz CT molecular complexity index is 1130. The zero-order chi connectivity index (χ0) is 20.9. The molecule has 0 saturated carbocycles. The van der Waals surface area contributed by atoms with Crippen molar-refractivity contribution in [3.05, 3.63) is 112 Å². The van der Waals surface area contributed by atoms with Gasteiger partial charge in [-0.2, -0.15) is 0 Å². The van der Waals surface area contributed by atoms with Crippen LogP contribution in [0.5, 0.6) is 5.75 Å². The van der Waals surface area contributed by atoms with E-state index in [4.69, 9.17) is 16.3 Å². The lowest BCUT2D eigenvalue weighted by molar-refractivity contribution is 0.296. The number of halogens is 2. The summed E-state index contributed by atoms with van der Waals surface area (Å²) in [6, 6.07) is 27.3. The molecule has 4 aromatic rings. The highest BCUT2D eigenvalue weighted by atomic mass is 35.5. The van der Waals surface area contributed by atoms with Gasteiger partial charge in [0, 0.05) is 23.7 Å². The molecule has 0 radical (unpaired) electrons. The number of ether oxygens (including phenoxy) is 1. The van der Waals surface area contributed by atoms with Crippen molar-refractivity contribution in [3.8, 4) is 5.75 Å². The van der Waals surface area contributed by atoms with Crippen LogP contribution in [-0.4, -0.2) is 0 Å². The first-order valence-electron chi connectivity index (χ1n) is 9.98. The van der Waals surface area contributed by atoms with E-state index >= 15 is 0 Å². The van der Waals surface area contributed by atoms with Crippen LogP contribution in [0, 0.1) is 5.82 Å². The summed E-state index contributed by atoms with van der Waals surface area (Å²) in [7, 11) is 0. The Morgan fingerprint density at radius 2 is 1.63 bits per heavy atom.